The number of aryl methyl sites for hydroxylation is 1. The second-order valence-electron chi connectivity index (χ2n) is 5.47. The van der Waals surface area contributed by atoms with Crippen molar-refractivity contribution in [3.05, 3.63) is 22.7 Å². The van der Waals surface area contributed by atoms with E-state index in [1.54, 1.807) is 13.2 Å². The van der Waals surface area contributed by atoms with Crippen LogP contribution in [0.4, 0.5) is 5.69 Å². The maximum atomic E-state index is 12.4. The molecule has 0 atom stereocenters. The summed E-state index contributed by atoms with van der Waals surface area (Å²) in [5.74, 6) is 0.408. The molecular formula is C15H21ClN2O2. The van der Waals surface area contributed by atoms with Gasteiger partial charge in [-0.25, -0.2) is 0 Å². The highest BCUT2D eigenvalue weighted by molar-refractivity contribution is 6.31. The van der Waals surface area contributed by atoms with Gasteiger partial charge in [-0.3, -0.25) is 4.79 Å². The van der Waals surface area contributed by atoms with E-state index in [4.69, 9.17) is 22.1 Å². The molecule has 1 aromatic carbocycles. The van der Waals surface area contributed by atoms with Crippen LogP contribution in [0.25, 0.3) is 0 Å². The Hall–Kier alpha value is -1.26. The second-order valence-corrected chi connectivity index (χ2v) is 5.88. The Balaban J connectivity index is 2.21. The second kappa shape index (κ2) is 6.02. The number of ether oxygens (including phenoxy) is 1. The van der Waals surface area contributed by atoms with Crippen molar-refractivity contribution in [1.29, 1.82) is 0 Å². The monoisotopic (exact) mass is 296 g/mol. The Labute approximate surface area is 124 Å². The van der Waals surface area contributed by atoms with Crippen LogP contribution in [0.2, 0.25) is 5.02 Å². The van der Waals surface area contributed by atoms with E-state index in [9.17, 15) is 4.79 Å². The lowest BCUT2D eigenvalue weighted by Crippen LogP contribution is -2.52. The molecule has 1 saturated carbocycles. The fourth-order valence-electron chi connectivity index (χ4n) is 2.59. The zero-order chi connectivity index (χ0) is 14.8. The maximum Gasteiger partial charge on any atom is 0.244 e. The number of nitrogens with two attached hydrogens (primary N) is 1. The predicted octanol–water partition coefficient (Wildman–Crippen LogP) is 3.26. The highest BCUT2D eigenvalue weighted by atomic mass is 35.5. The Morgan fingerprint density at radius 2 is 2.00 bits per heavy atom. The third kappa shape index (κ3) is 3.07. The topological polar surface area (TPSA) is 64.3 Å². The summed E-state index contributed by atoms with van der Waals surface area (Å²) >= 11 is 6.06. The van der Waals surface area contributed by atoms with Crippen molar-refractivity contribution >= 4 is 23.2 Å². The molecule has 0 spiro atoms. The molecule has 0 aliphatic heterocycles. The number of hydrogen-bond donors (Lipinski definition) is 2. The van der Waals surface area contributed by atoms with Gasteiger partial charge < -0.3 is 15.8 Å². The molecule has 1 aromatic rings. The van der Waals surface area contributed by atoms with Crippen LogP contribution in [0.1, 0.15) is 37.7 Å². The molecule has 5 heteroatoms. The lowest BCUT2D eigenvalue weighted by atomic mass is 9.82. The normalized spacial score (nSPS) is 17.6. The standard InChI is InChI=1S/C15H21ClN2O2/c1-10-8-12(13(20-2)9-11(10)16)18-14(19)15(17)6-4-3-5-7-15/h8-9H,3-7,17H2,1-2H3,(H,18,19). The summed E-state index contributed by atoms with van der Waals surface area (Å²) in [5, 5.41) is 3.50. The molecule has 3 N–H and O–H groups in total. The molecule has 110 valence electrons. The van der Waals surface area contributed by atoms with Gasteiger partial charge in [-0.15, -0.1) is 0 Å². The van der Waals surface area contributed by atoms with Gasteiger partial charge in [-0.1, -0.05) is 30.9 Å². The molecule has 0 aromatic heterocycles. The highest BCUT2D eigenvalue weighted by Crippen LogP contribution is 2.33. The van der Waals surface area contributed by atoms with Gasteiger partial charge in [-0.2, -0.15) is 0 Å². The fourth-order valence-corrected chi connectivity index (χ4v) is 2.74. The van der Waals surface area contributed by atoms with Crippen LogP contribution in [-0.4, -0.2) is 18.6 Å². The van der Waals surface area contributed by atoms with Gasteiger partial charge in [-0.05, 0) is 31.4 Å². The predicted molar refractivity (Wildman–Crippen MR) is 81.4 cm³/mol. The summed E-state index contributed by atoms with van der Waals surface area (Å²) in [5.41, 5.74) is 6.97. The van der Waals surface area contributed by atoms with Crippen molar-refractivity contribution in [2.45, 2.75) is 44.6 Å². The van der Waals surface area contributed by atoms with Crippen molar-refractivity contribution < 1.29 is 9.53 Å². The number of carbonyl (C=O) groups excluding carboxylic acids is 1. The van der Waals surface area contributed by atoms with E-state index in [-0.39, 0.29) is 5.91 Å². The van der Waals surface area contributed by atoms with Gasteiger partial charge in [0.05, 0.1) is 18.3 Å². The molecule has 2 rings (SSSR count). The fraction of sp³-hybridized carbons (Fsp3) is 0.533. The SMILES string of the molecule is COc1cc(Cl)c(C)cc1NC(=O)C1(N)CCCCC1. The Morgan fingerprint density at radius 1 is 1.35 bits per heavy atom. The van der Waals surface area contributed by atoms with Gasteiger partial charge in [0.15, 0.2) is 0 Å². The van der Waals surface area contributed by atoms with Crippen LogP contribution in [0.5, 0.6) is 5.75 Å². The van der Waals surface area contributed by atoms with Crippen LogP contribution in [0, 0.1) is 6.92 Å². The van der Waals surface area contributed by atoms with Crippen LogP contribution in [0.3, 0.4) is 0 Å². The minimum atomic E-state index is -0.767. The van der Waals surface area contributed by atoms with E-state index in [1.807, 2.05) is 13.0 Å². The van der Waals surface area contributed by atoms with Gasteiger partial charge in [0, 0.05) is 11.1 Å². The van der Waals surface area contributed by atoms with Gasteiger partial charge in [0.25, 0.3) is 0 Å². The summed E-state index contributed by atoms with van der Waals surface area (Å²) in [4.78, 5) is 12.4. The minimum Gasteiger partial charge on any atom is -0.495 e. The minimum absolute atomic E-state index is 0.141. The van der Waals surface area contributed by atoms with Crippen LogP contribution >= 0.6 is 11.6 Å². The lowest BCUT2D eigenvalue weighted by Gasteiger charge is -2.32. The lowest BCUT2D eigenvalue weighted by molar-refractivity contribution is -0.122. The number of benzene rings is 1. The summed E-state index contributed by atoms with van der Waals surface area (Å²) in [6.45, 7) is 1.89. The van der Waals surface area contributed by atoms with Gasteiger partial charge >= 0.3 is 0 Å². The number of anilines is 1. The number of carbonyl (C=O) groups is 1. The van der Waals surface area contributed by atoms with Crippen molar-refractivity contribution in [3.63, 3.8) is 0 Å². The molecule has 20 heavy (non-hydrogen) atoms. The first-order chi connectivity index (χ1) is 9.46. The van der Waals surface area contributed by atoms with Crippen LogP contribution < -0.4 is 15.8 Å². The summed E-state index contributed by atoms with van der Waals surface area (Å²) in [6, 6.07) is 3.52. The molecule has 1 aliphatic rings. The highest BCUT2D eigenvalue weighted by Gasteiger charge is 2.35. The van der Waals surface area contributed by atoms with E-state index in [0.717, 1.165) is 37.7 Å². The van der Waals surface area contributed by atoms with Crippen molar-refractivity contribution in [1.82, 2.24) is 0 Å². The van der Waals surface area contributed by atoms with Crippen LogP contribution in [-0.2, 0) is 4.79 Å². The molecule has 1 amide bonds. The molecular weight excluding hydrogens is 276 g/mol. The van der Waals surface area contributed by atoms with Crippen molar-refractivity contribution in [3.8, 4) is 5.75 Å². The molecule has 1 fully saturated rings. The number of halogens is 1. The molecule has 0 heterocycles. The van der Waals surface area contributed by atoms with E-state index in [1.165, 1.54) is 0 Å². The molecule has 0 bridgehead atoms. The number of rotatable bonds is 3. The van der Waals surface area contributed by atoms with Crippen molar-refractivity contribution in [2.24, 2.45) is 5.73 Å². The molecule has 4 nitrogen and oxygen atoms in total. The number of nitrogens with one attached hydrogen (secondary N) is 1. The third-order valence-corrected chi connectivity index (χ3v) is 4.33. The number of amides is 1. The first-order valence-electron chi connectivity index (χ1n) is 6.91. The smallest absolute Gasteiger partial charge is 0.244 e. The maximum absolute atomic E-state index is 12.4. The third-order valence-electron chi connectivity index (χ3n) is 3.93. The molecule has 0 radical (unpaired) electrons. The largest absolute Gasteiger partial charge is 0.495 e. The average Bonchev–Trinajstić information content (AvgIpc) is 2.43. The first-order valence-corrected chi connectivity index (χ1v) is 7.28. The first kappa shape index (κ1) is 15.1. The summed E-state index contributed by atoms with van der Waals surface area (Å²) < 4.78 is 5.26. The summed E-state index contributed by atoms with van der Waals surface area (Å²) in [6.07, 6.45) is 4.61. The average molecular weight is 297 g/mol. The van der Waals surface area contributed by atoms with Gasteiger partial charge in [0.1, 0.15) is 5.75 Å². The summed E-state index contributed by atoms with van der Waals surface area (Å²) in [7, 11) is 1.55. The quantitative estimate of drug-likeness (QED) is 0.900. The van der Waals surface area contributed by atoms with E-state index < -0.39 is 5.54 Å². The number of hydrogen-bond acceptors (Lipinski definition) is 3. The zero-order valence-corrected chi connectivity index (χ0v) is 12.7. The number of methoxy groups -OCH3 is 1. The van der Waals surface area contributed by atoms with E-state index in [2.05, 4.69) is 5.32 Å². The molecule has 1 aliphatic carbocycles. The van der Waals surface area contributed by atoms with Crippen molar-refractivity contribution in [2.75, 3.05) is 12.4 Å². The molecule has 0 saturated heterocycles. The van der Waals surface area contributed by atoms with E-state index in [0.29, 0.717) is 16.5 Å². The Bertz CT molecular complexity index is 511. The Kier molecular flexibility index (Phi) is 4.55. The van der Waals surface area contributed by atoms with Gasteiger partial charge in [0.2, 0.25) is 5.91 Å². The Morgan fingerprint density at radius 3 is 2.60 bits per heavy atom. The van der Waals surface area contributed by atoms with E-state index >= 15 is 0 Å². The molecule has 0 unspecified atom stereocenters. The zero-order valence-electron chi connectivity index (χ0n) is 12.0. The van der Waals surface area contributed by atoms with Crippen LogP contribution in [0.15, 0.2) is 12.1 Å².